The molecule has 150 valence electrons. The van der Waals surface area contributed by atoms with E-state index in [9.17, 15) is 9.59 Å². The van der Waals surface area contributed by atoms with E-state index in [1.807, 2.05) is 38.1 Å². The van der Waals surface area contributed by atoms with Crippen molar-refractivity contribution in [3.8, 4) is 0 Å². The van der Waals surface area contributed by atoms with E-state index in [0.717, 1.165) is 30.7 Å². The van der Waals surface area contributed by atoms with Crippen molar-refractivity contribution < 1.29 is 14.3 Å². The summed E-state index contributed by atoms with van der Waals surface area (Å²) in [5, 5.41) is 2.93. The van der Waals surface area contributed by atoms with Crippen molar-refractivity contribution in [2.24, 2.45) is 0 Å². The lowest BCUT2D eigenvalue weighted by atomic mass is 9.96. The monoisotopic (exact) mass is 382 g/mol. The third kappa shape index (κ3) is 4.46. The number of carbonyl (C=O) groups is 2. The number of aryl methyl sites for hydroxylation is 1. The molecule has 1 N–H and O–H groups in total. The number of carbonyl (C=O) groups excluding carboxylic acids is 2. The van der Waals surface area contributed by atoms with Crippen LogP contribution in [0.3, 0.4) is 0 Å². The molecule has 0 aliphatic heterocycles. The van der Waals surface area contributed by atoms with Gasteiger partial charge in [0.15, 0.2) is 6.10 Å². The van der Waals surface area contributed by atoms with E-state index in [2.05, 4.69) is 28.9 Å². The number of aromatic nitrogens is 1. The van der Waals surface area contributed by atoms with E-state index >= 15 is 0 Å². The highest BCUT2D eigenvalue weighted by molar-refractivity contribution is 5.93. The SMILES string of the molecule is CC[C@H](CNC(=O)[C@@H](C)OC(=O)c1cc(C)n(C2CC2)c1C)c1ccccc1. The van der Waals surface area contributed by atoms with Crippen molar-refractivity contribution in [1.82, 2.24) is 9.88 Å². The van der Waals surface area contributed by atoms with Crippen LogP contribution in [0.15, 0.2) is 36.4 Å². The van der Waals surface area contributed by atoms with Gasteiger partial charge in [-0.05, 0) is 51.7 Å². The first-order valence-corrected chi connectivity index (χ1v) is 10.1. The van der Waals surface area contributed by atoms with Crippen LogP contribution in [0.2, 0.25) is 0 Å². The summed E-state index contributed by atoms with van der Waals surface area (Å²) < 4.78 is 7.66. The molecule has 1 aromatic heterocycles. The molecule has 1 amide bonds. The van der Waals surface area contributed by atoms with Crippen LogP contribution in [0, 0.1) is 13.8 Å². The molecule has 0 bridgehead atoms. The zero-order valence-corrected chi connectivity index (χ0v) is 17.2. The van der Waals surface area contributed by atoms with Crippen LogP contribution in [0.4, 0.5) is 0 Å². The zero-order valence-electron chi connectivity index (χ0n) is 17.2. The minimum absolute atomic E-state index is 0.241. The van der Waals surface area contributed by atoms with Crippen LogP contribution in [-0.4, -0.2) is 29.1 Å². The first-order chi connectivity index (χ1) is 13.4. The largest absolute Gasteiger partial charge is 0.449 e. The van der Waals surface area contributed by atoms with Gasteiger partial charge in [-0.1, -0.05) is 37.3 Å². The first kappa shape index (κ1) is 20.2. The van der Waals surface area contributed by atoms with Gasteiger partial charge in [-0.2, -0.15) is 0 Å². The molecular formula is C23H30N2O3. The smallest absolute Gasteiger partial charge is 0.340 e. The van der Waals surface area contributed by atoms with Crippen molar-refractivity contribution >= 4 is 11.9 Å². The lowest BCUT2D eigenvalue weighted by Crippen LogP contribution is -2.38. The maximum Gasteiger partial charge on any atom is 0.340 e. The molecule has 5 nitrogen and oxygen atoms in total. The highest BCUT2D eigenvalue weighted by atomic mass is 16.5. The molecule has 1 saturated carbocycles. The topological polar surface area (TPSA) is 60.3 Å². The lowest BCUT2D eigenvalue weighted by molar-refractivity contribution is -0.129. The minimum Gasteiger partial charge on any atom is -0.449 e. The van der Waals surface area contributed by atoms with Gasteiger partial charge in [0.1, 0.15) is 0 Å². The molecule has 1 aromatic carbocycles. The summed E-state index contributed by atoms with van der Waals surface area (Å²) >= 11 is 0. The van der Waals surface area contributed by atoms with Crippen LogP contribution in [0.1, 0.15) is 72.4 Å². The van der Waals surface area contributed by atoms with Crippen molar-refractivity contribution in [3.05, 3.63) is 58.9 Å². The van der Waals surface area contributed by atoms with E-state index < -0.39 is 12.1 Å². The van der Waals surface area contributed by atoms with E-state index in [1.54, 1.807) is 6.92 Å². The number of rotatable bonds is 8. The Morgan fingerprint density at radius 1 is 1.21 bits per heavy atom. The summed E-state index contributed by atoms with van der Waals surface area (Å²) in [6.07, 6.45) is 2.41. The molecule has 1 fully saturated rings. The van der Waals surface area contributed by atoms with E-state index in [1.165, 1.54) is 5.56 Å². The number of ether oxygens (including phenoxy) is 1. The molecule has 0 radical (unpaired) electrons. The Balaban J connectivity index is 1.56. The number of nitrogens with zero attached hydrogens (tertiary/aromatic N) is 1. The molecule has 28 heavy (non-hydrogen) atoms. The van der Waals surface area contributed by atoms with Crippen molar-refractivity contribution in [2.45, 2.75) is 65.0 Å². The van der Waals surface area contributed by atoms with E-state index in [-0.39, 0.29) is 11.8 Å². The van der Waals surface area contributed by atoms with E-state index in [0.29, 0.717) is 18.2 Å². The molecule has 1 aliphatic rings. The third-order valence-corrected chi connectivity index (χ3v) is 5.56. The fourth-order valence-electron chi connectivity index (χ4n) is 3.75. The quantitative estimate of drug-likeness (QED) is 0.693. The maximum atomic E-state index is 12.6. The van der Waals surface area contributed by atoms with Crippen molar-refractivity contribution in [1.29, 1.82) is 0 Å². The van der Waals surface area contributed by atoms with Crippen LogP contribution in [0.25, 0.3) is 0 Å². The Kier molecular flexibility index (Phi) is 6.22. The fourth-order valence-corrected chi connectivity index (χ4v) is 3.75. The van der Waals surface area contributed by atoms with Gasteiger partial charge in [0.25, 0.3) is 5.91 Å². The zero-order chi connectivity index (χ0) is 20.3. The molecule has 2 aromatic rings. The summed E-state index contributed by atoms with van der Waals surface area (Å²) in [4.78, 5) is 25.0. The summed E-state index contributed by atoms with van der Waals surface area (Å²) in [5.74, 6) is -0.456. The minimum atomic E-state index is -0.829. The Bertz CT molecular complexity index is 837. The Labute approximate surface area is 167 Å². The number of esters is 1. The highest BCUT2D eigenvalue weighted by Crippen LogP contribution is 2.38. The molecule has 1 heterocycles. The van der Waals surface area contributed by atoms with Crippen molar-refractivity contribution in [2.75, 3.05) is 6.54 Å². The van der Waals surface area contributed by atoms with Crippen LogP contribution < -0.4 is 5.32 Å². The van der Waals surface area contributed by atoms with Crippen molar-refractivity contribution in [3.63, 3.8) is 0 Å². The van der Waals surface area contributed by atoms with Gasteiger partial charge in [0.2, 0.25) is 0 Å². The first-order valence-electron chi connectivity index (χ1n) is 10.1. The van der Waals surface area contributed by atoms with Gasteiger partial charge in [0.05, 0.1) is 5.56 Å². The number of amides is 1. The second-order valence-electron chi connectivity index (χ2n) is 7.69. The number of hydrogen-bond acceptors (Lipinski definition) is 3. The standard InChI is InChI=1S/C23H30N2O3/c1-5-18(19-9-7-6-8-10-19)14-24-22(26)17(4)28-23(27)21-13-15(2)25(16(21)3)20-11-12-20/h6-10,13,17-18,20H,5,11-12,14H2,1-4H3,(H,24,26)/t17-,18-/m1/s1. The summed E-state index contributed by atoms with van der Waals surface area (Å²) in [7, 11) is 0. The molecule has 5 heteroatoms. The second-order valence-corrected chi connectivity index (χ2v) is 7.69. The normalized spacial score (nSPS) is 15.7. The van der Waals surface area contributed by atoms with Gasteiger partial charge in [0, 0.05) is 29.9 Å². The van der Waals surface area contributed by atoms with Crippen LogP contribution in [-0.2, 0) is 9.53 Å². The van der Waals surface area contributed by atoms with Gasteiger partial charge in [-0.15, -0.1) is 0 Å². The molecule has 3 rings (SSSR count). The van der Waals surface area contributed by atoms with Gasteiger partial charge in [-0.3, -0.25) is 4.79 Å². The average Bonchev–Trinajstić information content (AvgIpc) is 3.47. The molecule has 0 unspecified atom stereocenters. The van der Waals surface area contributed by atoms with Gasteiger partial charge < -0.3 is 14.6 Å². The third-order valence-electron chi connectivity index (χ3n) is 5.56. The highest BCUT2D eigenvalue weighted by Gasteiger charge is 2.29. The molecule has 2 atom stereocenters. The number of hydrogen-bond donors (Lipinski definition) is 1. The summed E-state index contributed by atoms with van der Waals surface area (Å²) in [5.41, 5.74) is 3.74. The molecular weight excluding hydrogens is 352 g/mol. The Hall–Kier alpha value is -2.56. The Morgan fingerprint density at radius 2 is 1.89 bits per heavy atom. The predicted molar refractivity (Wildman–Crippen MR) is 110 cm³/mol. The van der Waals surface area contributed by atoms with Crippen LogP contribution >= 0.6 is 0 Å². The average molecular weight is 383 g/mol. The predicted octanol–water partition coefficient (Wildman–Crippen LogP) is 4.30. The summed E-state index contributed by atoms with van der Waals surface area (Å²) in [6, 6.07) is 12.5. The maximum absolute atomic E-state index is 12.6. The number of nitrogens with one attached hydrogen (secondary N) is 1. The fraction of sp³-hybridized carbons (Fsp3) is 0.478. The Morgan fingerprint density at radius 3 is 2.50 bits per heavy atom. The molecule has 0 saturated heterocycles. The molecule has 1 aliphatic carbocycles. The summed E-state index contributed by atoms with van der Waals surface area (Å²) in [6.45, 7) is 8.20. The van der Waals surface area contributed by atoms with E-state index in [4.69, 9.17) is 4.74 Å². The molecule has 0 spiro atoms. The lowest BCUT2D eigenvalue weighted by Gasteiger charge is -2.18. The number of benzene rings is 1. The van der Waals surface area contributed by atoms with Gasteiger partial charge in [-0.25, -0.2) is 4.79 Å². The van der Waals surface area contributed by atoms with Crippen LogP contribution in [0.5, 0.6) is 0 Å². The second kappa shape index (κ2) is 8.63. The van der Waals surface area contributed by atoms with Gasteiger partial charge >= 0.3 is 5.97 Å².